The zero-order valence-corrected chi connectivity index (χ0v) is 16.9. The summed E-state index contributed by atoms with van der Waals surface area (Å²) in [5, 5.41) is 4.70. The minimum absolute atomic E-state index is 0.162. The monoisotopic (exact) mass is 442 g/mol. The van der Waals surface area contributed by atoms with E-state index in [1.165, 1.54) is 11.6 Å². The molecule has 136 valence electrons. The number of halogens is 2. The molecule has 2 aromatic heterocycles. The van der Waals surface area contributed by atoms with Crippen LogP contribution >= 0.6 is 27.3 Å². The average Bonchev–Trinajstić information content (AvgIpc) is 3.22. The number of anilines is 1. The fraction of sp³-hybridized carbons (Fsp3) is 0.0952. The van der Waals surface area contributed by atoms with Crippen molar-refractivity contribution < 1.29 is 9.18 Å². The molecule has 0 aliphatic rings. The van der Waals surface area contributed by atoms with E-state index in [0.717, 1.165) is 15.8 Å². The van der Waals surface area contributed by atoms with Crippen molar-refractivity contribution in [2.75, 3.05) is 5.32 Å². The van der Waals surface area contributed by atoms with Gasteiger partial charge in [0.05, 0.1) is 15.9 Å². The van der Waals surface area contributed by atoms with Gasteiger partial charge in [0, 0.05) is 11.0 Å². The first-order valence-electron chi connectivity index (χ1n) is 8.40. The zero-order valence-electron chi connectivity index (χ0n) is 14.5. The number of aryl methyl sites for hydroxylation is 1. The van der Waals surface area contributed by atoms with Crippen LogP contribution < -0.4 is 5.32 Å². The fourth-order valence-electron chi connectivity index (χ4n) is 2.99. The maximum Gasteiger partial charge on any atom is 0.272 e. The third-order valence-electron chi connectivity index (χ3n) is 4.40. The van der Waals surface area contributed by atoms with Crippen molar-refractivity contribution in [3.8, 4) is 0 Å². The Balaban J connectivity index is 1.69. The van der Waals surface area contributed by atoms with E-state index in [9.17, 15) is 9.18 Å². The number of nitrogens with one attached hydrogen (secondary N) is 1. The van der Waals surface area contributed by atoms with Gasteiger partial charge in [-0.1, -0.05) is 45.8 Å². The molecule has 0 spiro atoms. The van der Waals surface area contributed by atoms with Crippen molar-refractivity contribution in [1.82, 2.24) is 4.57 Å². The Morgan fingerprint density at radius 3 is 2.67 bits per heavy atom. The van der Waals surface area contributed by atoms with Crippen molar-refractivity contribution in [1.29, 1.82) is 0 Å². The summed E-state index contributed by atoms with van der Waals surface area (Å²) in [6.07, 6.45) is 0. The highest BCUT2D eigenvalue weighted by Gasteiger charge is 2.18. The van der Waals surface area contributed by atoms with Crippen molar-refractivity contribution in [2.45, 2.75) is 13.5 Å². The predicted octanol–water partition coefficient (Wildman–Crippen LogP) is 6.21. The Labute approximate surface area is 168 Å². The molecule has 0 atom stereocenters. The standard InChI is InChI=1S/C21H16BrFN2OS/c1-13-2-4-14(5-3-13)12-25-18-8-9-27-20(18)11-19(25)21(26)24-17-7-6-15(22)10-16(17)23/h2-11H,12H2,1H3,(H,24,26). The Bertz CT molecular complexity index is 1130. The van der Waals surface area contributed by atoms with Crippen molar-refractivity contribution in [2.24, 2.45) is 0 Å². The van der Waals surface area contributed by atoms with Gasteiger partial charge in [-0.3, -0.25) is 4.79 Å². The lowest BCUT2D eigenvalue weighted by molar-refractivity contribution is 0.101. The second-order valence-electron chi connectivity index (χ2n) is 6.35. The summed E-state index contributed by atoms with van der Waals surface area (Å²) >= 11 is 4.81. The molecule has 4 rings (SSSR count). The summed E-state index contributed by atoms with van der Waals surface area (Å²) in [6, 6.07) is 16.7. The molecule has 27 heavy (non-hydrogen) atoms. The van der Waals surface area contributed by atoms with Gasteiger partial charge >= 0.3 is 0 Å². The summed E-state index contributed by atoms with van der Waals surface area (Å²) in [4.78, 5) is 12.9. The van der Waals surface area contributed by atoms with E-state index in [2.05, 4.69) is 45.5 Å². The molecule has 6 heteroatoms. The van der Waals surface area contributed by atoms with Gasteiger partial charge in [-0.05, 0) is 48.2 Å². The lowest BCUT2D eigenvalue weighted by Gasteiger charge is -2.12. The zero-order chi connectivity index (χ0) is 19.0. The number of aromatic nitrogens is 1. The number of hydrogen-bond acceptors (Lipinski definition) is 2. The van der Waals surface area contributed by atoms with Crippen LogP contribution in [0.15, 0.2) is 64.5 Å². The molecule has 4 aromatic rings. The van der Waals surface area contributed by atoms with E-state index in [1.807, 2.05) is 29.0 Å². The molecule has 0 aliphatic carbocycles. The van der Waals surface area contributed by atoms with Crippen LogP contribution in [0, 0.1) is 12.7 Å². The molecule has 2 aromatic carbocycles. The Morgan fingerprint density at radius 2 is 1.93 bits per heavy atom. The maximum absolute atomic E-state index is 14.1. The van der Waals surface area contributed by atoms with Crippen LogP contribution in [0.4, 0.5) is 10.1 Å². The molecule has 0 saturated heterocycles. The number of thiophene rings is 1. The summed E-state index contributed by atoms with van der Waals surface area (Å²) in [7, 11) is 0. The second-order valence-corrected chi connectivity index (χ2v) is 8.21. The molecular formula is C21H16BrFN2OS. The minimum Gasteiger partial charge on any atom is -0.331 e. The van der Waals surface area contributed by atoms with Crippen LogP contribution in [0.1, 0.15) is 21.6 Å². The number of rotatable bonds is 4. The molecule has 0 fully saturated rings. The van der Waals surface area contributed by atoms with Crippen molar-refractivity contribution in [3.63, 3.8) is 0 Å². The summed E-state index contributed by atoms with van der Waals surface area (Å²) in [5.41, 5.74) is 3.97. The summed E-state index contributed by atoms with van der Waals surface area (Å²) in [6.45, 7) is 2.62. The average molecular weight is 443 g/mol. The molecule has 1 N–H and O–H groups in total. The molecule has 1 amide bonds. The van der Waals surface area contributed by atoms with E-state index in [4.69, 9.17) is 0 Å². The first-order chi connectivity index (χ1) is 13.0. The smallest absolute Gasteiger partial charge is 0.272 e. The van der Waals surface area contributed by atoms with Gasteiger partial charge in [-0.15, -0.1) is 11.3 Å². The maximum atomic E-state index is 14.1. The highest BCUT2D eigenvalue weighted by molar-refractivity contribution is 9.10. The molecule has 0 aliphatic heterocycles. The van der Waals surface area contributed by atoms with Gasteiger partial charge in [-0.2, -0.15) is 0 Å². The van der Waals surface area contributed by atoms with E-state index >= 15 is 0 Å². The van der Waals surface area contributed by atoms with Crippen LogP contribution in [0.5, 0.6) is 0 Å². The van der Waals surface area contributed by atoms with E-state index in [1.54, 1.807) is 23.5 Å². The molecule has 2 heterocycles. The first kappa shape index (κ1) is 17.9. The van der Waals surface area contributed by atoms with Gasteiger partial charge in [-0.25, -0.2) is 4.39 Å². The van der Waals surface area contributed by atoms with Crippen LogP contribution in [0.2, 0.25) is 0 Å². The largest absolute Gasteiger partial charge is 0.331 e. The van der Waals surface area contributed by atoms with Crippen LogP contribution in [-0.2, 0) is 6.54 Å². The van der Waals surface area contributed by atoms with Gasteiger partial charge in [0.1, 0.15) is 11.5 Å². The molecular weight excluding hydrogens is 427 g/mol. The third-order valence-corrected chi connectivity index (χ3v) is 5.74. The van der Waals surface area contributed by atoms with Gasteiger partial charge < -0.3 is 9.88 Å². The fourth-order valence-corrected chi connectivity index (χ4v) is 4.14. The van der Waals surface area contributed by atoms with E-state index in [-0.39, 0.29) is 11.6 Å². The molecule has 0 saturated carbocycles. The number of hydrogen-bond donors (Lipinski definition) is 1. The highest BCUT2D eigenvalue weighted by atomic mass is 79.9. The highest BCUT2D eigenvalue weighted by Crippen LogP contribution is 2.27. The predicted molar refractivity (Wildman–Crippen MR) is 112 cm³/mol. The number of benzene rings is 2. The Morgan fingerprint density at radius 1 is 1.15 bits per heavy atom. The van der Waals surface area contributed by atoms with Crippen LogP contribution in [0.3, 0.4) is 0 Å². The SMILES string of the molecule is Cc1ccc(Cn2c(C(=O)Nc3ccc(Br)cc3F)cc3sccc32)cc1. The van der Waals surface area contributed by atoms with E-state index in [0.29, 0.717) is 16.7 Å². The Hall–Kier alpha value is -2.44. The molecule has 0 bridgehead atoms. The van der Waals surface area contributed by atoms with Crippen molar-refractivity contribution >= 4 is 49.1 Å². The topological polar surface area (TPSA) is 34.0 Å². The lowest BCUT2D eigenvalue weighted by atomic mass is 10.1. The number of carbonyl (C=O) groups is 1. The number of amides is 1. The summed E-state index contributed by atoms with van der Waals surface area (Å²) in [5.74, 6) is -0.803. The Kier molecular flexibility index (Phi) is 4.85. The molecule has 0 unspecified atom stereocenters. The minimum atomic E-state index is -0.476. The molecule has 0 radical (unpaired) electrons. The number of nitrogens with zero attached hydrogens (tertiary/aromatic N) is 1. The van der Waals surface area contributed by atoms with E-state index < -0.39 is 5.82 Å². The quantitative estimate of drug-likeness (QED) is 0.400. The summed E-state index contributed by atoms with van der Waals surface area (Å²) < 4.78 is 17.7. The van der Waals surface area contributed by atoms with Gasteiger partial charge in [0.2, 0.25) is 0 Å². The van der Waals surface area contributed by atoms with Crippen LogP contribution in [-0.4, -0.2) is 10.5 Å². The lowest BCUT2D eigenvalue weighted by Crippen LogP contribution is -2.18. The van der Waals surface area contributed by atoms with Crippen molar-refractivity contribution in [3.05, 3.63) is 87.1 Å². The number of carbonyl (C=O) groups excluding carboxylic acids is 1. The van der Waals surface area contributed by atoms with Gasteiger partial charge in [0.15, 0.2) is 0 Å². The first-order valence-corrected chi connectivity index (χ1v) is 10.1. The third kappa shape index (κ3) is 3.68. The second kappa shape index (κ2) is 7.29. The normalized spacial score (nSPS) is 11.1. The van der Waals surface area contributed by atoms with Crippen LogP contribution in [0.25, 0.3) is 10.2 Å². The molecule has 3 nitrogen and oxygen atoms in total. The number of fused-ring (bicyclic) bond motifs is 1. The van der Waals surface area contributed by atoms with Gasteiger partial charge in [0.25, 0.3) is 5.91 Å².